The molecule has 0 amide bonds. The fourth-order valence-electron chi connectivity index (χ4n) is 0. The summed E-state index contributed by atoms with van der Waals surface area (Å²) < 4.78 is 0. The van der Waals surface area contributed by atoms with Crippen LogP contribution in [0.1, 0.15) is 0 Å². The molecular weight excluding hydrogens is 163 g/mol. The van der Waals surface area contributed by atoms with Crippen molar-refractivity contribution in [1.82, 2.24) is 0 Å². The summed E-state index contributed by atoms with van der Waals surface area (Å²) in [5.74, 6) is 0. The van der Waals surface area contributed by atoms with E-state index in [0.29, 0.717) is 0 Å². The molecule has 0 fully saturated rings. The highest BCUT2D eigenvalue weighted by atomic mass is 28.1. The van der Waals surface area contributed by atoms with Crippen molar-refractivity contribution in [3.8, 4) is 0 Å². The van der Waals surface area contributed by atoms with Gasteiger partial charge in [-0.3, -0.25) is 0 Å². The number of hydrogen-bond donors (Lipinski definition) is 2. The Morgan fingerprint density at radius 1 is 1.00 bits per heavy atom. The van der Waals surface area contributed by atoms with E-state index in [9.17, 15) is 0 Å². The molecule has 10 heavy (non-hydrogen) atoms. The van der Waals surface area contributed by atoms with Crippen LogP contribution in [0.3, 0.4) is 0 Å². The van der Waals surface area contributed by atoms with Gasteiger partial charge in [-0.25, -0.2) is 0 Å². The fourth-order valence-corrected chi connectivity index (χ4v) is 0. The van der Waals surface area contributed by atoms with Gasteiger partial charge in [-0.15, -0.1) is 20.2 Å². The van der Waals surface area contributed by atoms with Crippen molar-refractivity contribution in [1.29, 1.82) is 0 Å². The van der Waals surface area contributed by atoms with Crippen LogP contribution in [-0.2, 0) is 0 Å². The normalized spacial score (nSPS) is 4.80. The monoisotopic (exact) mass is 169 g/mol. The van der Waals surface area contributed by atoms with Crippen LogP contribution in [0.5, 0.6) is 0 Å². The van der Waals surface area contributed by atoms with E-state index in [1.165, 1.54) is 0 Å². The molecule has 59 valence electrons. The molecule has 0 spiro atoms. The van der Waals surface area contributed by atoms with Crippen LogP contribution in [0.4, 0.5) is 0 Å². The summed E-state index contributed by atoms with van der Waals surface area (Å²) in [6, 6.07) is 0. The second-order valence-corrected chi connectivity index (χ2v) is 0.476. The van der Waals surface area contributed by atoms with E-state index in [1.807, 2.05) is 0 Å². The Kier molecular flexibility index (Phi) is 36.6. The molecule has 0 atom stereocenters. The molecule has 0 aromatic carbocycles. The van der Waals surface area contributed by atoms with Gasteiger partial charge in [0.05, 0.1) is 0 Å². The summed E-state index contributed by atoms with van der Waals surface area (Å²) in [5, 5.41) is 27.3. The number of rotatable bonds is 0. The highest BCUT2D eigenvalue weighted by Crippen LogP contribution is 1.38. The number of hydrogen-bond acceptors (Lipinski definition) is 4. The summed E-state index contributed by atoms with van der Waals surface area (Å²) in [6.45, 7) is 0. The molecule has 0 aliphatic carbocycles. The van der Waals surface area contributed by atoms with Crippen molar-refractivity contribution in [3.63, 3.8) is 0 Å². The lowest BCUT2D eigenvalue weighted by Gasteiger charge is -1.56. The minimum absolute atomic E-state index is 0. The first-order valence-corrected chi connectivity index (χ1v) is 1.13. The Bertz CT molecular complexity index is 73.7. The average Bonchev–Trinajstić information content (AvgIpc) is 1.25. The quantitative estimate of drug-likeness (QED) is 0.234. The molecule has 0 saturated heterocycles. The Morgan fingerprint density at radius 2 is 1.00 bits per heavy atom. The second-order valence-electron chi connectivity index (χ2n) is 0.476. The molecule has 0 aliphatic rings. The lowest BCUT2D eigenvalue weighted by atomic mass is 10.8. The molecule has 0 aliphatic heterocycles. The van der Waals surface area contributed by atoms with Crippen LogP contribution in [0.15, 0.2) is 0 Å². The van der Waals surface area contributed by atoms with E-state index in [0.717, 1.165) is 0 Å². The summed E-state index contributed by atoms with van der Waals surface area (Å²) >= 11 is 0. The van der Waals surface area contributed by atoms with E-state index < -0.39 is 10.2 Å². The van der Waals surface area contributed by atoms with Crippen LogP contribution in [-0.4, -0.2) is 40.0 Å². The van der Waals surface area contributed by atoms with Gasteiger partial charge in [-0.1, -0.05) is 0 Å². The van der Waals surface area contributed by atoms with Crippen LogP contribution < -0.4 is 0 Å². The molecule has 0 bridgehead atoms. The standard InChI is InChI=1S/B.2HNO3.H4Si/c;2*2-1(3)4;/h;2*(H,2,3,4);1H4. The Morgan fingerprint density at radius 3 is 1.00 bits per heavy atom. The van der Waals surface area contributed by atoms with Gasteiger partial charge < -0.3 is 10.4 Å². The van der Waals surface area contributed by atoms with E-state index >= 15 is 0 Å². The minimum atomic E-state index is -1.50. The highest BCUT2D eigenvalue weighted by molar-refractivity contribution is 5.76. The summed E-state index contributed by atoms with van der Waals surface area (Å²) in [6.07, 6.45) is 0. The van der Waals surface area contributed by atoms with Crippen LogP contribution in [0.2, 0.25) is 0 Å². The topological polar surface area (TPSA) is 127 Å². The molecule has 0 saturated carbocycles. The van der Waals surface area contributed by atoms with Crippen molar-refractivity contribution in [3.05, 3.63) is 20.2 Å². The van der Waals surface area contributed by atoms with Crippen molar-refractivity contribution < 1.29 is 20.6 Å². The molecule has 10 heteroatoms. The zero-order chi connectivity index (χ0) is 7.15. The summed E-state index contributed by atoms with van der Waals surface area (Å²) in [7, 11) is 0. The third-order valence-electron chi connectivity index (χ3n) is 0. The van der Waals surface area contributed by atoms with Gasteiger partial charge in [-0.05, 0) is 11.0 Å². The van der Waals surface area contributed by atoms with Crippen LogP contribution >= 0.6 is 0 Å². The van der Waals surface area contributed by atoms with Gasteiger partial charge in [0.1, 0.15) is 0 Å². The molecular formula is H6BN2O6Si. The third kappa shape index (κ3) is 124. The van der Waals surface area contributed by atoms with Crippen LogP contribution in [0, 0.1) is 20.2 Å². The van der Waals surface area contributed by atoms with E-state index in [2.05, 4.69) is 0 Å². The van der Waals surface area contributed by atoms with Crippen molar-refractivity contribution in [2.24, 2.45) is 0 Å². The maximum absolute atomic E-state index is 8.36. The van der Waals surface area contributed by atoms with Crippen molar-refractivity contribution >= 4 is 19.4 Å². The first-order valence-electron chi connectivity index (χ1n) is 1.13. The lowest BCUT2D eigenvalue weighted by molar-refractivity contribution is -0.742. The van der Waals surface area contributed by atoms with E-state index in [-0.39, 0.29) is 19.4 Å². The molecule has 2 N–H and O–H groups in total. The maximum atomic E-state index is 8.36. The van der Waals surface area contributed by atoms with Gasteiger partial charge in [0.15, 0.2) is 0 Å². The predicted octanol–water partition coefficient (Wildman–Crippen LogP) is -2.53. The fraction of sp³-hybridized carbons (Fsp3) is 0. The smallest absolute Gasteiger partial charge is 0.291 e. The van der Waals surface area contributed by atoms with E-state index in [4.69, 9.17) is 30.6 Å². The Labute approximate surface area is 61.3 Å². The number of nitrogens with zero attached hydrogens (tertiary/aromatic N) is 2. The highest BCUT2D eigenvalue weighted by Gasteiger charge is 1.65. The minimum Gasteiger partial charge on any atom is -0.328 e. The Hall–Kier alpha value is -1.32. The molecule has 3 radical (unpaired) electrons. The lowest BCUT2D eigenvalue weighted by Crippen LogP contribution is -1.81. The van der Waals surface area contributed by atoms with Gasteiger partial charge in [0.25, 0.3) is 10.2 Å². The van der Waals surface area contributed by atoms with Crippen molar-refractivity contribution in [2.45, 2.75) is 0 Å². The zero-order valence-corrected chi connectivity index (χ0v) is 4.00. The maximum Gasteiger partial charge on any atom is 0.291 e. The summed E-state index contributed by atoms with van der Waals surface area (Å²) in [4.78, 5) is 16.7. The average molecular weight is 169 g/mol. The SMILES string of the molecule is O=[N+]([O-])O.O=[N+]([O-])O.[B].[SiH4]. The van der Waals surface area contributed by atoms with Gasteiger partial charge in [-0.2, -0.15) is 0 Å². The Balaban J connectivity index is -0.0000000300. The largest absolute Gasteiger partial charge is 0.328 e. The first kappa shape index (κ1) is 23.4. The molecule has 0 heterocycles. The molecule has 8 nitrogen and oxygen atoms in total. The predicted molar refractivity (Wildman–Crippen MR) is 34.6 cm³/mol. The van der Waals surface area contributed by atoms with Crippen molar-refractivity contribution in [2.75, 3.05) is 0 Å². The zero-order valence-electron chi connectivity index (χ0n) is 4.00. The first-order chi connectivity index (χ1) is 3.46. The van der Waals surface area contributed by atoms with Gasteiger partial charge >= 0.3 is 0 Å². The van der Waals surface area contributed by atoms with Crippen LogP contribution in [0.25, 0.3) is 0 Å². The molecule has 0 aromatic rings. The molecule has 0 rings (SSSR count). The third-order valence-corrected chi connectivity index (χ3v) is 0. The molecule has 0 aromatic heterocycles. The van der Waals surface area contributed by atoms with E-state index in [1.54, 1.807) is 0 Å². The van der Waals surface area contributed by atoms with Gasteiger partial charge in [0.2, 0.25) is 0 Å². The van der Waals surface area contributed by atoms with Gasteiger partial charge in [0, 0.05) is 8.41 Å². The second kappa shape index (κ2) is 15.6. The molecule has 0 unspecified atom stereocenters. The summed E-state index contributed by atoms with van der Waals surface area (Å²) in [5.41, 5.74) is 0.